The van der Waals surface area contributed by atoms with E-state index in [1.54, 1.807) is 0 Å². The highest BCUT2D eigenvalue weighted by molar-refractivity contribution is 5.99. The van der Waals surface area contributed by atoms with Gasteiger partial charge in [-0.15, -0.1) is 0 Å². The van der Waals surface area contributed by atoms with Crippen LogP contribution in [0.2, 0.25) is 0 Å². The van der Waals surface area contributed by atoms with Crippen LogP contribution < -0.4 is 14.8 Å². The fourth-order valence-corrected chi connectivity index (χ4v) is 2.74. The minimum absolute atomic E-state index is 0.000528. The summed E-state index contributed by atoms with van der Waals surface area (Å²) < 4.78 is 10.6. The SMILES string of the molecule is Cc1ccc(C)c(C(=O)CCC(=O)NCc2ccc3c(c2)OCO3)c1. The molecule has 5 heteroatoms. The highest BCUT2D eigenvalue weighted by atomic mass is 16.7. The summed E-state index contributed by atoms with van der Waals surface area (Å²) >= 11 is 0. The Kier molecular flexibility index (Phi) is 5.03. The molecule has 0 atom stereocenters. The van der Waals surface area contributed by atoms with Crippen molar-refractivity contribution in [3.8, 4) is 11.5 Å². The topological polar surface area (TPSA) is 64.6 Å². The van der Waals surface area contributed by atoms with Crippen molar-refractivity contribution in [2.24, 2.45) is 0 Å². The molecule has 2 aromatic carbocycles. The smallest absolute Gasteiger partial charge is 0.231 e. The van der Waals surface area contributed by atoms with E-state index >= 15 is 0 Å². The van der Waals surface area contributed by atoms with Gasteiger partial charge in [0.2, 0.25) is 12.7 Å². The van der Waals surface area contributed by atoms with Crippen LogP contribution in [0.1, 0.15) is 39.9 Å². The molecule has 0 saturated heterocycles. The monoisotopic (exact) mass is 339 g/mol. The van der Waals surface area contributed by atoms with Gasteiger partial charge in [-0.1, -0.05) is 23.8 Å². The zero-order valence-electron chi connectivity index (χ0n) is 14.4. The van der Waals surface area contributed by atoms with Gasteiger partial charge in [0.05, 0.1) is 0 Å². The van der Waals surface area contributed by atoms with Gasteiger partial charge >= 0.3 is 0 Å². The average Bonchev–Trinajstić information content (AvgIpc) is 3.07. The molecule has 0 saturated carbocycles. The van der Waals surface area contributed by atoms with Gasteiger partial charge in [0, 0.05) is 24.9 Å². The second-order valence-electron chi connectivity index (χ2n) is 6.21. The van der Waals surface area contributed by atoms with Crippen molar-refractivity contribution in [1.29, 1.82) is 0 Å². The standard InChI is InChI=1S/C20H21NO4/c1-13-3-4-14(2)16(9-13)17(22)6-8-20(23)21-11-15-5-7-18-19(10-15)25-12-24-18/h3-5,7,9-10H,6,8,11-12H2,1-2H3,(H,21,23). The molecule has 3 rings (SSSR count). The molecule has 0 aromatic heterocycles. The van der Waals surface area contributed by atoms with Crippen LogP contribution in [0.25, 0.3) is 0 Å². The number of benzene rings is 2. The molecule has 1 amide bonds. The summed E-state index contributed by atoms with van der Waals surface area (Å²) in [5.41, 5.74) is 3.61. The minimum atomic E-state index is -0.142. The van der Waals surface area contributed by atoms with E-state index < -0.39 is 0 Å². The molecule has 130 valence electrons. The molecule has 0 unspecified atom stereocenters. The summed E-state index contributed by atoms with van der Waals surface area (Å²) in [4.78, 5) is 24.3. The summed E-state index contributed by atoms with van der Waals surface area (Å²) in [6, 6.07) is 11.3. The third-order valence-corrected chi connectivity index (χ3v) is 4.20. The van der Waals surface area contributed by atoms with Crippen LogP contribution in [0, 0.1) is 13.8 Å². The first-order chi connectivity index (χ1) is 12.0. The molecule has 1 N–H and O–H groups in total. The van der Waals surface area contributed by atoms with Crippen LogP contribution in [0.15, 0.2) is 36.4 Å². The van der Waals surface area contributed by atoms with E-state index in [2.05, 4.69) is 5.32 Å². The third-order valence-electron chi connectivity index (χ3n) is 4.20. The van der Waals surface area contributed by atoms with E-state index in [9.17, 15) is 9.59 Å². The van der Waals surface area contributed by atoms with Crippen LogP contribution in [0.4, 0.5) is 0 Å². The number of hydrogen-bond acceptors (Lipinski definition) is 4. The molecular formula is C20H21NO4. The molecule has 0 aliphatic carbocycles. The normalized spacial score (nSPS) is 12.1. The Labute approximate surface area is 147 Å². The molecule has 0 fully saturated rings. The number of aryl methyl sites for hydroxylation is 2. The number of nitrogens with one attached hydrogen (secondary N) is 1. The van der Waals surface area contributed by atoms with Gasteiger partial charge in [0.25, 0.3) is 0 Å². The number of ether oxygens (including phenoxy) is 2. The van der Waals surface area contributed by atoms with Gasteiger partial charge in [-0.05, 0) is 43.2 Å². The van der Waals surface area contributed by atoms with Crippen molar-refractivity contribution >= 4 is 11.7 Å². The van der Waals surface area contributed by atoms with Crippen LogP contribution in [0.3, 0.4) is 0 Å². The number of rotatable bonds is 6. The fraction of sp³-hybridized carbons (Fsp3) is 0.300. The quantitative estimate of drug-likeness (QED) is 0.820. The molecule has 0 spiro atoms. The highest BCUT2D eigenvalue weighted by Crippen LogP contribution is 2.32. The lowest BCUT2D eigenvalue weighted by Crippen LogP contribution is -2.23. The largest absolute Gasteiger partial charge is 0.454 e. The van der Waals surface area contributed by atoms with Crippen molar-refractivity contribution in [3.63, 3.8) is 0 Å². The van der Waals surface area contributed by atoms with Gasteiger partial charge in [-0.3, -0.25) is 9.59 Å². The van der Waals surface area contributed by atoms with Crippen molar-refractivity contribution < 1.29 is 19.1 Å². The Morgan fingerprint density at radius 1 is 1.00 bits per heavy atom. The molecule has 2 aromatic rings. The number of amides is 1. The van der Waals surface area contributed by atoms with Crippen molar-refractivity contribution in [2.45, 2.75) is 33.2 Å². The van der Waals surface area contributed by atoms with E-state index in [4.69, 9.17) is 9.47 Å². The summed E-state index contributed by atoms with van der Waals surface area (Å²) in [6.45, 7) is 4.49. The van der Waals surface area contributed by atoms with Gasteiger partial charge in [-0.25, -0.2) is 0 Å². The second-order valence-corrected chi connectivity index (χ2v) is 6.21. The Hall–Kier alpha value is -2.82. The number of fused-ring (bicyclic) bond motifs is 1. The summed E-state index contributed by atoms with van der Waals surface area (Å²) in [7, 11) is 0. The fourth-order valence-electron chi connectivity index (χ4n) is 2.74. The first-order valence-corrected chi connectivity index (χ1v) is 8.28. The molecular weight excluding hydrogens is 318 g/mol. The first-order valence-electron chi connectivity index (χ1n) is 8.28. The van der Waals surface area contributed by atoms with Crippen molar-refractivity contribution in [1.82, 2.24) is 5.32 Å². The number of carbonyl (C=O) groups is 2. The Morgan fingerprint density at radius 3 is 2.64 bits per heavy atom. The number of Topliss-reactive ketones (excluding diaryl/α,β-unsaturated/α-hetero) is 1. The van der Waals surface area contributed by atoms with Crippen LogP contribution in [0.5, 0.6) is 11.5 Å². The van der Waals surface area contributed by atoms with Gasteiger partial charge in [0.15, 0.2) is 17.3 Å². The molecule has 1 aliphatic heterocycles. The highest BCUT2D eigenvalue weighted by Gasteiger charge is 2.14. The Balaban J connectivity index is 1.49. The molecule has 0 radical (unpaired) electrons. The van der Waals surface area contributed by atoms with Gasteiger partial charge in [0.1, 0.15) is 0 Å². The second kappa shape index (κ2) is 7.38. The first kappa shape index (κ1) is 17.0. The lowest BCUT2D eigenvalue weighted by Gasteiger charge is -2.08. The van der Waals surface area contributed by atoms with Crippen molar-refractivity contribution in [3.05, 3.63) is 58.7 Å². The molecule has 25 heavy (non-hydrogen) atoms. The van der Waals surface area contributed by atoms with Gasteiger partial charge < -0.3 is 14.8 Å². The average molecular weight is 339 g/mol. The predicted molar refractivity (Wildman–Crippen MR) is 93.9 cm³/mol. The summed E-state index contributed by atoms with van der Waals surface area (Å²) in [5.74, 6) is 1.27. The van der Waals surface area contributed by atoms with Crippen LogP contribution in [-0.2, 0) is 11.3 Å². The lowest BCUT2D eigenvalue weighted by atomic mass is 9.99. The zero-order chi connectivity index (χ0) is 17.8. The van der Waals surface area contributed by atoms with Crippen LogP contribution >= 0.6 is 0 Å². The van der Waals surface area contributed by atoms with E-state index in [0.717, 1.165) is 16.7 Å². The zero-order valence-corrected chi connectivity index (χ0v) is 14.4. The van der Waals surface area contributed by atoms with E-state index in [1.807, 2.05) is 50.2 Å². The number of hydrogen-bond donors (Lipinski definition) is 1. The van der Waals surface area contributed by atoms with Crippen molar-refractivity contribution in [2.75, 3.05) is 6.79 Å². The van der Waals surface area contributed by atoms with Crippen LogP contribution in [-0.4, -0.2) is 18.5 Å². The molecule has 0 bridgehead atoms. The minimum Gasteiger partial charge on any atom is -0.454 e. The van der Waals surface area contributed by atoms with E-state index in [1.165, 1.54) is 0 Å². The number of carbonyl (C=O) groups excluding carboxylic acids is 2. The summed E-state index contributed by atoms with van der Waals surface area (Å²) in [6.07, 6.45) is 0.383. The van der Waals surface area contributed by atoms with Gasteiger partial charge in [-0.2, -0.15) is 0 Å². The van der Waals surface area contributed by atoms with E-state index in [0.29, 0.717) is 23.6 Å². The molecule has 1 aliphatic rings. The molecule has 1 heterocycles. The number of ketones is 1. The Morgan fingerprint density at radius 2 is 1.80 bits per heavy atom. The third kappa shape index (κ3) is 4.18. The maximum atomic E-state index is 12.3. The Bertz CT molecular complexity index is 813. The predicted octanol–water partition coefficient (Wildman–Crippen LogP) is 3.31. The maximum Gasteiger partial charge on any atom is 0.231 e. The van der Waals surface area contributed by atoms with E-state index in [-0.39, 0.29) is 31.3 Å². The molecule has 5 nitrogen and oxygen atoms in total. The lowest BCUT2D eigenvalue weighted by molar-refractivity contribution is -0.121. The maximum absolute atomic E-state index is 12.3. The summed E-state index contributed by atoms with van der Waals surface area (Å²) in [5, 5.41) is 2.84.